The molecular formula is C20H23NO3. The highest BCUT2D eigenvalue weighted by Crippen LogP contribution is 2.18. The highest BCUT2D eigenvalue weighted by Gasteiger charge is 2.08. The summed E-state index contributed by atoms with van der Waals surface area (Å²) >= 11 is 0. The molecule has 0 aliphatic heterocycles. The summed E-state index contributed by atoms with van der Waals surface area (Å²) in [7, 11) is 0. The number of aryl methyl sites for hydroxylation is 2. The van der Waals surface area contributed by atoms with E-state index in [2.05, 4.69) is 11.4 Å². The van der Waals surface area contributed by atoms with Gasteiger partial charge in [0, 0.05) is 18.4 Å². The summed E-state index contributed by atoms with van der Waals surface area (Å²) in [6, 6.07) is 15.0. The molecule has 0 fully saturated rings. The number of benzene rings is 2. The zero-order valence-electron chi connectivity index (χ0n) is 14.2. The van der Waals surface area contributed by atoms with Crippen LogP contribution in [0.25, 0.3) is 0 Å². The van der Waals surface area contributed by atoms with E-state index in [1.165, 1.54) is 5.56 Å². The Balaban J connectivity index is 1.65. The van der Waals surface area contributed by atoms with Gasteiger partial charge in [0.15, 0.2) is 5.78 Å². The van der Waals surface area contributed by atoms with E-state index in [-0.39, 0.29) is 24.5 Å². The molecule has 0 atom stereocenters. The number of carbonyl (C=O) groups excluding carboxylic acids is 2. The molecule has 1 amide bonds. The minimum absolute atomic E-state index is 0.0164. The molecule has 2 aromatic carbocycles. The Bertz CT molecular complexity index is 695. The number of rotatable bonds is 8. The fourth-order valence-electron chi connectivity index (χ4n) is 2.40. The van der Waals surface area contributed by atoms with Gasteiger partial charge in [0.1, 0.15) is 12.4 Å². The Labute approximate surface area is 142 Å². The lowest BCUT2D eigenvalue weighted by molar-refractivity contribution is -0.121. The zero-order valence-corrected chi connectivity index (χ0v) is 14.2. The summed E-state index contributed by atoms with van der Waals surface area (Å²) in [5.74, 6) is 0.676. The molecule has 1 N–H and O–H groups in total. The smallest absolute Gasteiger partial charge is 0.220 e. The van der Waals surface area contributed by atoms with Crippen LogP contribution in [0.4, 0.5) is 0 Å². The minimum atomic E-state index is -0.136. The van der Waals surface area contributed by atoms with Crippen LogP contribution in [0.1, 0.15) is 34.3 Å². The van der Waals surface area contributed by atoms with Crippen molar-refractivity contribution >= 4 is 11.7 Å². The predicted octanol–water partition coefficient (Wildman–Crippen LogP) is 3.46. The van der Waals surface area contributed by atoms with Crippen LogP contribution in [0.3, 0.4) is 0 Å². The minimum Gasteiger partial charge on any atom is -0.491 e. The number of ether oxygens (including phenoxy) is 1. The summed E-state index contributed by atoms with van der Waals surface area (Å²) in [6.45, 7) is 4.86. The Morgan fingerprint density at radius 3 is 2.46 bits per heavy atom. The molecule has 0 saturated carbocycles. The van der Waals surface area contributed by atoms with Gasteiger partial charge in [0.05, 0.1) is 6.54 Å². The number of amides is 1. The number of hydrogen-bond donors (Lipinski definition) is 1. The fraction of sp³-hybridized carbons (Fsp3) is 0.300. The first-order valence-electron chi connectivity index (χ1n) is 8.11. The van der Waals surface area contributed by atoms with Crippen LogP contribution in [0, 0.1) is 13.8 Å². The standard InChI is InChI=1S/C20H23NO3/c1-15-8-10-19(16(2)14-15)24-13-12-21-20(23)11-9-18(22)17-6-4-3-5-7-17/h3-8,10,14H,9,11-13H2,1-2H3,(H,21,23). The van der Waals surface area contributed by atoms with E-state index >= 15 is 0 Å². The van der Waals surface area contributed by atoms with Gasteiger partial charge in [-0.1, -0.05) is 48.0 Å². The van der Waals surface area contributed by atoms with E-state index in [0.717, 1.165) is 11.3 Å². The van der Waals surface area contributed by atoms with E-state index in [4.69, 9.17) is 4.74 Å². The lowest BCUT2D eigenvalue weighted by atomic mass is 10.1. The predicted molar refractivity (Wildman–Crippen MR) is 94.4 cm³/mol. The van der Waals surface area contributed by atoms with Crippen molar-refractivity contribution in [2.24, 2.45) is 0 Å². The van der Waals surface area contributed by atoms with E-state index in [0.29, 0.717) is 18.7 Å². The van der Waals surface area contributed by atoms with Gasteiger partial charge in [-0.2, -0.15) is 0 Å². The summed E-state index contributed by atoms with van der Waals surface area (Å²) in [4.78, 5) is 23.7. The molecule has 0 saturated heterocycles. The van der Waals surface area contributed by atoms with Crippen LogP contribution in [0.15, 0.2) is 48.5 Å². The third-order valence-corrected chi connectivity index (χ3v) is 3.69. The van der Waals surface area contributed by atoms with E-state index in [1.54, 1.807) is 12.1 Å². The van der Waals surface area contributed by atoms with Gasteiger partial charge in [-0.05, 0) is 25.5 Å². The van der Waals surface area contributed by atoms with Gasteiger partial charge >= 0.3 is 0 Å². The van der Waals surface area contributed by atoms with Gasteiger partial charge < -0.3 is 10.1 Å². The fourth-order valence-corrected chi connectivity index (χ4v) is 2.40. The monoisotopic (exact) mass is 325 g/mol. The quantitative estimate of drug-likeness (QED) is 0.597. The van der Waals surface area contributed by atoms with Crippen LogP contribution in [-0.4, -0.2) is 24.8 Å². The van der Waals surface area contributed by atoms with Crippen molar-refractivity contribution < 1.29 is 14.3 Å². The van der Waals surface area contributed by atoms with E-state index in [1.807, 2.05) is 44.2 Å². The first-order valence-corrected chi connectivity index (χ1v) is 8.11. The maximum absolute atomic E-state index is 11.9. The van der Waals surface area contributed by atoms with Gasteiger partial charge in [-0.25, -0.2) is 0 Å². The Morgan fingerprint density at radius 2 is 1.75 bits per heavy atom. The average molecular weight is 325 g/mol. The van der Waals surface area contributed by atoms with Crippen LogP contribution >= 0.6 is 0 Å². The molecule has 0 radical (unpaired) electrons. The first-order chi connectivity index (χ1) is 11.6. The molecule has 24 heavy (non-hydrogen) atoms. The van der Waals surface area contributed by atoms with Crippen molar-refractivity contribution in [3.63, 3.8) is 0 Å². The Kier molecular flexibility index (Phi) is 6.55. The topological polar surface area (TPSA) is 55.4 Å². The maximum atomic E-state index is 11.9. The van der Waals surface area contributed by atoms with E-state index < -0.39 is 0 Å². The zero-order chi connectivity index (χ0) is 17.4. The molecule has 0 unspecified atom stereocenters. The molecule has 0 aliphatic rings. The Hall–Kier alpha value is -2.62. The third kappa shape index (κ3) is 5.54. The van der Waals surface area contributed by atoms with Crippen molar-refractivity contribution in [2.45, 2.75) is 26.7 Å². The molecule has 0 aromatic heterocycles. The van der Waals surface area contributed by atoms with Crippen molar-refractivity contribution in [1.82, 2.24) is 5.32 Å². The molecule has 4 heteroatoms. The summed E-state index contributed by atoms with van der Waals surface area (Å²) in [5.41, 5.74) is 2.91. The molecule has 0 heterocycles. The lowest BCUT2D eigenvalue weighted by Crippen LogP contribution is -2.28. The molecule has 4 nitrogen and oxygen atoms in total. The molecule has 126 valence electrons. The van der Waals surface area contributed by atoms with Crippen LogP contribution in [-0.2, 0) is 4.79 Å². The van der Waals surface area contributed by atoms with Crippen LogP contribution < -0.4 is 10.1 Å². The number of nitrogens with one attached hydrogen (secondary N) is 1. The van der Waals surface area contributed by atoms with Crippen molar-refractivity contribution in [2.75, 3.05) is 13.2 Å². The van der Waals surface area contributed by atoms with Crippen molar-refractivity contribution in [1.29, 1.82) is 0 Å². The molecule has 0 spiro atoms. The SMILES string of the molecule is Cc1ccc(OCCNC(=O)CCC(=O)c2ccccc2)c(C)c1. The molecule has 2 aromatic rings. The van der Waals surface area contributed by atoms with Crippen LogP contribution in [0.5, 0.6) is 5.75 Å². The van der Waals surface area contributed by atoms with Crippen LogP contribution in [0.2, 0.25) is 0 Å². The lowest BCUT2D eigenvalue weighted by Gasteiger charge is -2.10. The van der Waals surface area contributed by atoms with Gasteiger partial charge in [0.2, 0.25) is 5.91 Å². The highest BCUT2D eigenvalue weighted by atomic mass is 16.5. The third-order valence-electron chi connectivity index (χ3n) is 3.69. The second-order valence-electron chi connectivity index (χ2n) is 5.76. The maximum Gasteiger partial charge on any atom is 0.220 e. The molecule has 2 rings (SSSR count). The van der Waals surface area contributed by atoms with Crippen molar-refractivity contribution in [3.05, 3.63) is 65.2 Å². The van der Waals surface area contributed by atoms with E-state index in [9.17, 15) is 9.59 Å². The van der Waals surface area contributed by atoms with Gasteiger partial charge in [-0.3, -0.25) is 9.59 Å². The normalized spacial score (nSPS) is 10.2. The number of hydrogen-bond acceptors (Lipinski definition) is 3. The number of Topliss-reactive ketones (excluding diaryl/α,β-unsaturated/α-hetero) is 1. The number of carbonyl (C=O) groups is 2. The average Bonchev–Trinajstić information content (AvgIpc) is 2.59. The Morgan fingerprint density at radius 1 is 1.00 bits per heavy atom. The number of ketones is 1. The van der Waals surface area contributed by atoms with Gasteiger partial charge in [-0.15, -0.1) is 0 Å². The van der Waals surface area contributed by atoms with Gasteiger partial charge in [0.25, 0.3) is 0 Å². The second kappa shape index (κ2) is 8.87. The first kappa shape index (κ1) is 17.7. The summed E-state index contributed by atoms with van der Waals surface area (Å²) < 4.78 is 5.66. The summed E-state index contributed by atoms with van der Waals surface area (Å²) in [6.07, 6.45) is 0.408. The molecular weight excluding hydrogens is 302 g/mol. The largest absolute Gasteiger partial charge is 0.491 e. The molecule has 0 bridgehead atoms. The summed E-state index contributed by atoms with van der Waals surface area (Å²) in [5, 5.41) is 2.77. The second-order valence-corrected chi connectivity index (χ2v) is 5.76. The molecule has 0 aliphatic carbocycles. The highest BCUT2D eigenvalue weighted by molar-refractivity contribution is 5.97. The van der Waals surface area contributed by atoms with Crippen molar-refractivity contribution in [3.8, 4) is 5.75 Å².